The third-order valence-electron chi connectivity index (χ3n) is 3.36. The van der Waals surface area contributed by atoms with Crippen molar-refractivity contribution < 1.29 is 13.5 Å². The van der Waals surface area contributed by atoms with E-state index in [0.717, 1.165) is 17.7 Å². The maximum absolute atomic E-state index is 12.2. The van der Waals surface area contributed by atoms with E-state index in [-0.39, 0.29) is 12.5 Å². The van der Waals surface area contributed by atoms with E-state index in [0.29, 0.717) is 30.4 Å². The second kappa shape index (κ2) is 7.20. The van der Waals surface area contributed by atoms with Crippen molar-refractivity contribution in [3.63, 3.8) is 0 Å². The van der Waals surface area contributed by atoms with Gasteiger partial charge >= 0.3 is 0 Å². The molecule has 1 aromatic heterocycles. The summed E-state index contributed by atoms with van der Waals surface area (Å²) >= 11 is 7.29. The van der Waals surface area contributed by atoms with Crippen LogP contribution in [0.2, 0.25) is 4.34 Å². The number of nitrogens with zero attached hydrogens (tertiary/aromatic N) is 1. The Bertz CT molecular complexity index is 533. The van der Waals surface area contributed by atoms with Gasteiger partial charge in [-0.05, 0) is 37.3 Å². The molecule has 1 aliphatic rings. The molecule has 0 radical (unpaired) electrons. The topological polar surface area (TPSA) is 69.6 Å². The van der Waals surface area contributed by atoms with Gasteiger partial charge in [-0.3, -0.25) is 0 Å². The first kappa shape index (κ1) is 16.2. The van der Waals surface area contributed by atoms with E-state index < -0.39 is 10.2 Å². The fourth-order valence-corrected chi connectivity index (χ4v) is 4.68. The fraction of sp³-hybridized carbons (Fsp3) is 0.667. The molecule has 0 aromatic carbocycles. The van der Waals surface area contributed by atoms with E-state index in [1.165, 1.54) is 15.6 Å². The molecular formula is C12H19ClN2O3S2. The van der Waals surface area contributed by atoms with Crippen molar-refractivity contribution in [2.45, 2.75) is 19.3 Å². The molecule has 0 amide bonds. The minimum absolute atomic E-state index is 0.0414. The zero-order valence-electron chi connectivity index (χ0n) is 11.1. The molecule has 2 N–H and O–H groups in total. The molecule has 0 saturated carbocycles. The first-order valence-electron chi connectivity index (χ1n) is 6.61. The van der Waals surface area contributed by atoms with Gasteiger partial charge in [-0.2, -0.15) is 12.7 Å². The minimum Gasteiger partial charge on any atom is -0.396 e. The van der Waals surface area contributed by atoms with Crippen LogP contribution in [-0.2, 0) is 16.6 Å². The molecule has 20 heavy (non-hydrogen) atoms. The maximum atomic E-state index is 12.2. The molecule has 0 spiro atoms. The molecule has 5 nitrogen and oxygen atoms in total. The van der Waals surface area contributed by atoms with Crippen LogP contribution in [0.1, 0.15) is 17.7 Å². The number of hydrogen-bond donors (Lipinski definition) is 2. The normalized spacial score (nSPS) is 21.2. The van der Waals surface area contributed by atoms with Gasteiger partial charge in [0.25, 0.3) is 10.2 Å². The van der Waals surface area contributed by atoms with Crippen molar-refractivity contribution in [1.29, 1.82) is 0 Å². The Morgan fingerprint density at radius 2 is 2.30 bits per heavy atom. The Labute approximate surface area is 128 Å². The van der Waals surface area contributed by atoms with Gasteiger partial charge in [0.15, 0.2) is 0 Å². The lowest BCUT2D eigenvalue weighted by Gasteiger charge is -2.30. The van der Waals surface area contributed by atoms with Gasteiger partial charge in [-0.1, -0.05) is 11.6 Å². The predicted molar refractivity (Wildman–Crippen MR) is 81.3 cm³/mol. The third kappa shape index (κ3) is 4.41. The lowest BCUT2D eigenvalue weighted by Crippen LogP contribution is -2.47. The zero-order valence-corrected chi connectivity index (χ0v) is 13.5. The Morgan fingerprint density at radius 1 is 1.50 bits per heavy atom. The molecule has 8 heteroatoms. The van der Waals surface area contributed by atoms with Crippen molar-refractivity contribution >= 4 is 33.1 Å². The summed E-state index contributed by atoms with van der Waals surface area (Å²) in [7, 11) is -3.45. The quantitative estimate of drug-likeness (QED) is 0.825. The van der Waals surface area contributed by atoms with Crippen LogP contribution in [0.4, 0.5) is 0 Å². The first-order valence-corrected chi connectivity index (χ1v) is 9.24. The number of piperidine rings is 1. The first-order chi connectivity index (χ1) is 9.51. The van der Waals surface area contributed by atoms with Gasteiger partial charge in [0.2, 0.25) is 0 Å². The van der Waals surface area contributed by atoms with E-state index >= 15 is 0 Å². The molecule has 1 saturated heterocycles. The third-order valence-corrected chi connectivity index (χ3v) is 6.24. The summed E-state index contributed by atoms with van der Waals surface area (Å²) in [5.41, 5.74) is 0. The average Bonchev–Trinajstić information content (AvgIpc) is 2.84. The summed E-state index contributed by atoms with van der Waals surface area (Å²) in [6, 6.07) is 3.72. The lowest BCUT2D eigenvalue weighted by atomic mass is 10.0. The Kier molecular flexibility index (Phi) is 5.83. The number of nitrogens with one attached hydrogen (secondary N) is 1. The van der Waals surface area contributed by atoms with Crippen LogP contribution in [-0.4, -0.2) is 44.1 Å². The van der Waals surface area contributed by atoms with Crippen molar-refractivity contribution in [2.75, 3.05) is 26.2 Å². The van der Waals surface area contributed by atoms with Crippen LogP contribution in [0.3, 0.4) is 0 Å². The highest BCUT2D eigenvalue weighted by Gasteiger charge is 2.28. The number of halogens is 1. The van der Waals surface area contributed by atoms with Crippen LogP contribution in [0.25, 0.3) is 0 Å². The fourth-order valence-electron chi connectivity index (χ4n) is 2.27. The van der Waals surface area contributed by atoms with Crippen LogP contribution < -0.4 is 4.72 Å². The molecule has 2 heterocycles. The van der Waals surface area contributed by atoms with Crippen LogP contribution >= 0.6 is 22.9 Å². The van der Waals surface area contributed by atoms with Crippen molar-refractivity contribution in [3.05, 3.63) is 21.3 Å². The van der Waals surface area contributed by atoms with Gasteiger partial charge in [0.1, 0.15) is 0 Å². The van der Waals surface area contributed by atoms with Gasteiger partial charge in [0.05, 0.1) is 4.34 Å². The second-order valence-electron chi connectivity index (χ2n) is 4.90. The number of hydrogen-bond acceptors (Lipinski definition) is 4. The monoisotopic (exact) mass is 338 g/mol. The van der Waals surface area contributed by atoms with Crippen LogP contribution in [0.15, 0.2) is 12.1 Å². The Hall–Kier alpha value is -0.180. The van der Waals surface area contributed by atoms with E-state index in [1.54, 1.807) is 0 Å². The van der Waals surface area contributed by atoms with E-state index in [4.69, 9.17) is 16.7 Å². The number of thiophene rings is 1. The van der Waals surface area contributed by atoms with Gasteiger partial charge in [-0.15, -0.1) is 11.3 Å². The highest BCUT2D eigenvalue weighted by molar-refractivity contribution is 7.87. The highest BCUT2D eigenvalue weighted by atomic mass is 35.5. The zero-order chi connectivity index (χ0) is 14.6. The lowest BCUT2D eigenvalue weighted by molar-refractivity contribution is 0.165. The van der Waals surface area contributed by atoms with Crippen molar-refractivity contribution in [2.24, 2.45) is 5.92 Å². The van der Waals surface area contributed by atoms with E-state index in [2.05, 4.69) is 4.72 Å². The number of rotatable bonds is 6. The summed E-state index contributed by atoms with van der Waals surface area (Å²) in [4.78, 5) is 1.06. The average molecular weight is 339 g/mol. The summed E-state index contributed by atoms with van der Waals surface area (Å²) in [5.74, 6) is 0.0522. The molecular weight excluding hydrogens is 320 g/mol. The SMILES string of the molecule is O=S(=O)(NCCc1ccc(Cl)s1)N1CCCC(CO)C1. The molecule has 1 aliphatic heterocycles. The van der Waals surface area contributed by atoms with Gasteiger partial charge in [-0.25, -0.2) is 4.72 Å². The Morgan fingerprint density at radius 3 is 2.95 bits per heavy atom. The van der Waals surface area contributed by atoms with Crippen molar-refractivity contribution in [3.8, 4) is 0 Å². The largest absolute Gasteiger partial charge is 0.396 e. The molecule has 2 rings (SSSR count). The molecule has 1 unspecified atom stereocenters. The number of aliphatic hydroxyl groups excluding tert-OH is 1. The highest BCUT2D eigenvalue weighted by Crippen LogP contribution is 2.22. The summed E-state index contributed by atoms with van der Waals surface area (Å²) < 4.78 is 29.1. The summed E-state index contributed by atoms with van der Waals surface area (Å²) in [5, 5.41) is 9.15. The smallest absolute Gasteiger partial charge is 0.279 e. The van der Waals surface area contributed by atoms with Gasteiger partial charge < -0.3 is 5.11 Å². The standard InChI is InChI=1S/C12H19ClN2O3S2/c13-12-4-3-11(19-12)5-6-14-20(17,18)15-7-1-2-10(8-15)9-16/h3-4,10,14,16H,1-2,5-9H2. The van der Waals surface area contributed by atoms with Crippen LogP contribution in [0, 0.1) is 5.92 Å². The predicted octanol–water partition coefficient (Wildman–Crippen LogP) is 1.48. The molecule has 0 aliphatic carbocycles. The maximum Gasteiger partial charge on any atom is 0.279 e. The molecule has 1 aromatic rings. The van der Waals surface area contributed by atoms with Crippen LogP contribution in [0.5, 0.6) is 0 Å². The number of aliphatic hydroxyl groups is 1. The summed E-state index contributed by atoms with van der Waals surface area (Å²) in [6.45, 7) is 1.33. The minimum atomic E-state index is -3.45. The van der Waals surface area contributed by atoms with E-state index in [9.17, 15) is 8.42 Å². The molecule has 0 bridgehead atoms. The van der Waals surface area contributed by atoms with E-state index in [1.807, 2.05) is 12.1 Å². The summed E-state index contributed by atoms with van der Waals surface area (Å²) in [6.07, 6.45) is 2.32. The molecule has 1 atom stereocenters. The molecule has 114 valence electrons. The molecule has 1 fully saturated rings. The Balaban J connectivity index is 1.84. The van der Waals surface area contributed by atoms with Gasteiger partial charge in [0, 0.05) is 31.1 Å². The van der Waals surface area contributed by atoms with Crippen molar-refractivity contribution in [1.82, 2.24) is 9.03 Å². The second-order valence-corrected chi connectivity index (χ2v) is 8.46.